The first kappa shape index (κ1) is 44.4. The quantitative estimate of drug-likeness (QED) is 0.0384. The lowest BCUT2D eigenvalue weighted by Gasteiger charge is -2.18. The highest BCUT2D eigenvalue weighted by Crippen LogP contribution is 2.13. The molecule has 0 radical (unpaired) electrons. The van der Waals surface area contributed by atoms with Gasteiger partial charge in [0.2, 0.25) is 0 Å². The van der Waals surface area contributed by atoms with Crippen molar-refractivity contribution in [1.82, 2.24) is 0 Å². The van der Waals surface area contributed by atoms with Crippen molar-refractivity contribution < 1.29 is 23.8 Å². The smallest absolute Gasteiger partial charge is 0.306 e. The molecule has 0 N–H and O–H groups in total. The van der Waals surface area contributed by atoms with E-state index >= 15 is 0 Å². The third-order valence-electron chi connectivity index (χ3n) is 8.47. The fraction of sp³-hybridized carbons (Fsp3) is 0.854. The summed E-state index contributed by atoms with van der Waals surface area (Å²) in [7, 11) is 0. The van der Waals surface area contributed by atoms with Gasteiger partial charge in [0.05, 0.1) is 6.61 Å². The van der Waals surface area contributed by atoms with Gasteiger partial charge in [0.1, 0.15) is 6.61 Å². The molecular formula is C41H76O5. The Balaban J connectivity index is 4.19. The Hall–Kier alpha value is -1.62. The molecule has 1 atom stereocenters. The monoisotopic (exact) mass is 649 g/mol. The topological polar surface area (TPSA) is 61.8 Å². The van der Waals surface area contributed by atoms with E-state index in [1.165, 1.54) is 116 Å². The number of hydrogen-bond acceptors (Lipinski definition) is 5. The SMILES string of the molecule is CCC/C=C\C/C=C\CCCCCCCC(=O)OCC(COCCCCCCCCCCCC)OC(=O)CCCCCCCCC. The Morgan fingerprint density at radius 1 is 0.478 bits per heavy atom. The molecule has 0 aromatic rings. The van der Waals surface area contributed by atoms with E-state index in [-0.39, 0.29) is 25.2 Å². The summed E-state index contributed by atoms with van der Waals surface area (Å²) in [5.41, 5.74) is 0. The van der Waals surface area contributed by atoms with Crippen LogP contribution in [0.1, 0.15) is 201 Å². The summed E-state index contributed by atoms with van der Waals surface area (Å²) in [6.45, 7) is 7.71. The number of carbonyl (C=O) groups excluding carboxylic acids is 2. The number of rotatable bonds is 36. The standard InChI is InChI=1S/C41H76O5/c1-4-7-10-13-16-18-20-21-22-23-26-28-31-34-40(42)45-38-39(46-41(43)35-32-29-25-15-12-9-6-3)37-44-36-33-30-27-24-19-17-14-11-8-5-2/h10,13,18,20,39H,4-9,11-12,14-17,19,21-38H2,1-3H3/b13-10-,20-18-. The minimum absolute atomic E-state index is 0.0829. The van der Waals surface area contributed by atoms with Gasteiger partial charge in [-0.1, -0.05) is 167 Å². The Morgan fingerprint density at radius 3 is 1.52 bits per heavy atom. The molecule has 0 aliphatic heterocycles. The molecule has 0 saturated heterocycles. The lowest BCUT2D eigenvalue weighted by Crippen LogP contribution is -2.30. The van der Waals surface area contributed by atoms with Crippen molar-refractivity contribution in [3.05, 3.63) is 24.3 Å². The van der Waals surface area contributed by atoms with E-state index in [0.29, 0.717) is 19.4 Å². The molecule has 0 amide bonds. The van der Waals surface area contributed by atoms with Crippen LogP contribution in [-0.2, 0) is 23.8 Å². The first-order valence-electron chi connectivity index (χ1n) is 19.9. The van der Waals surface area contributed by atoms with Crippen molar-refractivity contribution in [2.45, 2.75) is 207 Å². The van der Waals surface area contributed by atoms with Gasteiger partial charge in [0, 0.05) is 19.4 Å². The second-order valence-corrected chi connectivity index (χ2v) is 13.2. The van der Waals surface area contributed by atoms with Crippen molar-refractivity contribution in [3.63, 3.8) is 0 Å². The van der Waals surface area contributed by atoms with E-state index in [1.807, 2.05) is 0 Å². The summed E-state index contributed by atoms with van der Waals surface area (Å²) >= 11 is 0. The highest BCUT2D eigenvalue weighted by Gasteiger charge is 2.17. The maximum Gasteiger partial charge on any atom is 0.306 e. The Kier molecular flexibility index (Phi) is 36.5. The lowest BCUT2D eigenvalue weighted by molar-refractivity contribution is -0.163. The lowest BCUT2D eigenvalue weighted by atomic mass is 10.1. The van der Waals surface area contributed by atoms with Crippen LogP contribution < -0.4 is 0 Å². The molecule has 0 heterocycles. The second kappa shape index (κ2) is 37.8. The molecule has 46 heavy (non-hydrogen) atoms. The second-order valence-electron chi connectivity index (χ2n) is 13.2. The molecule has 0 rings (SSSR count). The van der Waals surface area contributed by atoms with Crippen LogP contribution in [0, 0.1) is 0 Å². The molecule has 1 unspecified atom stereocenters. The Labute approximate surface area is 286 Å². The fourth-order valence-electron chi connectivity index (χ4n) is 5.49. The van der Waals surface area contributed by atoms with Crippen molar-refractivity contribution >= 4 is 11.9 Å². The maximum atomic E-state index is 12.5. The zero-order valence-corrected chi connectivity index (χ0v) is 30.8. The van der Waals surface area contributed by atoms with Gasteiger partial charge in [0.15, 0.2) is 6.10 Å². The predicted octanol–water partition coefficient (Wildman–Crippen LogP) is 12.6. The van der Waals surface area contributed by atoms with E-state index in [1.54, 1.807) is 0 Å². The molecule has 0 fully saturated rings. The zero-order valence-electron chi connectivity index (χ0n) is 30.8. The summed E-state index contributed by atoms with van der Waals surface area (Å²) in [6.07, 6.45) is 40.3. The normalized spacial score (nSPS) is 12.3. The molecule has 5 heteroatoms. The van der Waals surface area contributed by atoms with Crippen LogP contribution in [0.5, 0.6) is 0 Å². The number of esters is 2. The van der Waals surface area contributed by atoms with Crippen molar-refractivity contribution in [1.29, 1.82) is 0 Å². The Morgan fingerprint density at radius 2 is 0.957 bits per heavy atom. The molecule has 0 aliphatic carbocycles. The van der Waals surface area contributed by atoms with E-state index in [4.69, 9.17) is 14.2 Å². The molecular weight excluding hydrogens is 572 g/mol. The zero-order chi connectivity index (χ0) is 33.6. The molecule has 0 aromatic carbocycles. The van der Waals surface area contributed by atoms with Gasteiger partial charge in [-0.2, -0.15) is 0 Å². The number of ether oxygens (including phenoxy) is 3. The van der Waals surface area contributed by atoms with Crippen molar-refractivity contribution in [2.24, 2.45) is 0 Å². The Bertz CT molecular complexity index is 701. The van der Waals surface area contributed by atoms with Gasteiger partial charge < -0.3 is 14.2 Å². The average Bonchev–Trinajstić information content (AvgIpc) is 3.05. The predicted molar refractivity (Wildman–Crippen MR) is 196 cm³/mol. The molecule has 5 nitrogen and oxygen atoms in total. The molecule has 270 valence electrons. The van der Waals surface area contributed by atoms with Gasteiger partial charge >= 0.3 is 11.9 Å². The van der Waals surface area contributed by atoms with Crippen LogP contribution in [0.25, 0.3) is 0 Å². The molecule has 0 spiro atoms. The summed E-state index contributed by atoms with van der Waals surface area (Å²) < 4.78 is 17.1. The molecule has 0 bridgehead atoms. The molecule has 0 aliphatic rings. The fourth-order valence-corrected chi connectivity index (χ4v) is 5.49. The van der Waals surface area contributed by atoms with E-state index < -0.39 is 6.10 Å². The first-order chi connectivity index (χ1) is 22.6. The molecule has 0 saturated carbocycles. The van der Waals surface area contributed by atoms with Gasteiger partial charge in [-0.15, -0.1) is 0 Å². The minimum atomic E-state index is -0.528. The third kappa shape index (κ3) is 35.2. The van der Waals surface area contributed by atoms with E-state index in [0.717, 1.165) is 51.4 Å². The average molecular weight is 649 g/mol. The van der Waals surface area contributed by atoms with Crippen LogP contribution in [0.3, 0.4) is 0 Å². The highest BCUT2D eigenvalue weighted by molar-refractivity contribution is 5.70. The van der Waals surface area contributed by atoms with Crippen LogP contribution in [0.2, 0.25) is 0 Å². The number of carbonyl (C=O) groups is 2. The minimum Gasteiger partial charge on any atom is -0.462 e. The maximum absolute atomic E-state index is 12.5. The van der Waals surface area contributed by atoms with Crippen LogP contribution >= 0.6 is 0 Å². The van der Waals surface area contributed by atoms with E-state index in [9.17, 15) is 9.59 Å². The first-order valence-corrected chi connectivity index (χ1v) is 19.9. The number of unbranched alkanes of at least 4 members (excludes halogenated alkanes) is 21. The third-order valence-corrected chi connectivity index (χ3v) is 8.47. The summed E-state index contributed by atoms with van der Waals surface area (Å²) in [5, 5.41) is 0. The number of hydrogen-bond donors (Lipinski definition) is 0. The van der Waals surface area contributed by atoms with Crippen LogP contribution in [0.15, 0.2) is 24.3 Å². The summed E-state index contributed by atoms with van der Waals surface area (Å²) in [6, 6.07) is 0. The largest absolute Gasteiger partial charge is 0.462 e. The number of allylic oxidation sites excluding steroid dienone is 4. The van der Waals surface area contributed by atoms with Gasteiger partial charge in [-0.05, 0) is 44.9 Å². The van der Waals surface area contributed by atoms with Crippen molar-refractivity contribution in [2.75, 3.05) is 19.8 Å². The van der Waals surface area contributed by atoms with Gasteiger partial charge in [-0.25, -0.2) is 0 Å². The molecule has 0 aromatic heterocycles. The summed E-state index contributed by atoms with van der Waals surface area (Å²) in [4.78, 5) is 24.9. The summed E-state index contributed by atoms with van der Waals surface area (Å²) in [5.74, 6) is -0.415. The van der Waals surface area contributed by atoms with E-state index in [2.05, 4.69) is 45.1 Å². The van der Waals surface area contributed by atoms with Gasteiger partial charge in [0.25, 0.3) is 0 Å². The highest BCUT2D eigenvalue weighted by atomic mass is 16.6. The van der Waals surface area contributed by atoms with Crippen LogP contribution in [0.4, 0.5) is 0 Å². The van der Waals surface area contributed by atoms with Gasteiger partial charge in [-0.3, -0.25) is 9.59 Å². The van der Waals surface area contributed by atoms with Crippen molar-refractivity contribution in [3.8, 4) is 0 Å². The van der Waals surface area contributed by atoms with Crippen LogP contribution in [-0.4, -0.2) is 37.9 Å².